The van der Waals surface area contributed by atoms with Gasteiger partial charge in [-0.2, -0.15) is 15.0 Å². The summed E-state index contributed by atoms with van der Waals surface area (Å²) in [5.41, 5.74) is 1.89. The maximum absolute atomic E-state index is 5.49. The standard InChI is InChI=1S/C28H38N6O5/c1-35-21-11-18(12-22(15-21)36-2)16-29-26-32-27(34-28(33-26)31-20-9-7-6-8-10-20)30-17-19-13-23(37-3)25(39-5)24(14-19)38-4/h11-15,20H,6-10,16-17H2,1-5H3,(H3,29,30,31,32,33,34). The van der Waals surface area contributed by atoms with Crippen LogP contribution < -0.4 is 39.6 Å². The van der Waals surface area contributed by atoms with E-state index in [4.69, 9.17) is 23.7 Å². The predicted molar refractivity (Wildman–Crippen MR) is 151 cm³/mol. The third-order valence-electron chi connectivity index (χ3n) is 6.61. The number of rotatable bonds is 13. The monoisotopic (exact) mass is 538 g/mol. The first-order valence-electron chi connectivity index (χ1n) is 13.1. The Hall–Kier alpha value is -4.15. The minimum Gasteiger partial charge on any atom is -0.497 e. The van der Waals surface area contributed by atoms with Gasteiger partial charge < -0.3 is 39.6 Å². The summed E-state index contributed by atoms with van der Waals surface area (Å²) in [6, 6.07) is 9.87. The molecule has 11 heteroatoms. The molecule has 4 rings (SSSR count). The molecule has 0 saturated heterocycles. The summed E-state index contributed by atoms with van der Waals surface area (Å²) in [7, 11) is 8.04. The van der Waals surface area contributed by atoms with E-state index in [1.54, 1.807) is 35.5 Å². The molecule has 3 aromatic rings. The summed E-state index contributed by atoms with van der Waals surface area (Å²) in [5.74, 6) is 4.59. The van der Waals surface area contributed by atoms with Crippen molar-refractivity contribution in [2.24, 2.45) is 0 Å². The molecule has 1 aromatic heterocycles. The average molecular weight is 539 g/mol. The third kappa shape index (κ3) is 7.46. The van der Waals surface area contributed by atoms with Gasteiger partial charge in [-0.1, -0.05) is 19.3 Å². The van der Waals surface area contributed by atoms with Gasteiger partial charge in [0.05, 0.1) is 35.5 Å². The topological polar surface area (TPSA) is 121 Å². The zero-order valence-electron chi connectivity index (χ0n) is 23.3. The number of benzene rings is 2. The highest BCUT2D eigenvalue weighted by Gasteiger charge is 2.17. The summed E-state index contributed by atoms with van der Waals surface area (Å²) in [6.45, 7) is 0.920. The lowest BCUT2D eigenvalue weighted by molar-refractivity contribution is 0.324. The maximum atomic E-state index is 5.49. The molecule has 0 radical (unpaired) electrons. The van der Waals surface area contributed by atoms with Crippen molar-refractivity contribution >= 4 is 17.8 Å². The van der Waals surface area contributed by atoms with Crippen LogP contribution in [0.1, 0.15) is 43.2 Å². The lowest BCUT2D eigenvalue weighted by Gasteiger charge is -2.23. The quantitative estimate of drug-likeness (QED) is 0.276. The summed E-state index contributed by atoms with van der Waals surface area (Å²) >= 11 is 0. The molecule has 1 aliphatic rings. The number of nitrogens with zero attached hydrogens (tertiary/aromatic N) is 3. The second kappa shape index (κ2) is 13.6. The fourth-order valence-corrected chi connectivity index (χ4v) is 4.60. The van der Waals surface area contributed by atoms with Crippen LogP contribution in [0.2, 0.25) is 0 Å². The van der Waals surface area contributed by atoms with Crippen LogP contribution in [-0.2, 0) is 13.1 Å². The van der Waals surface area contributed by atoms with Crippen molar-refractivity contribution in [3.63, 3.8) is 0 Å². The number of ether oxygens (including phenoxy) is 5. The van der Waals surface area contributed by atoms with Gasteiger partial charge in [-0.15, -0.1) is 0 Å². The Morgan fingerprint density at radius 3 is 1.62 bits per heavy atom. The highest BCUT2D eigenvalue weighted by Crippen LogP contribution is 2.38. The van der Waals surface area contributed by atoms with Gasteiger partial charge in [0.25, 0.3) is 0 Å². The summed E-state index contributed by atoms with van der Waals surface area (Å²) in [6.07, 6.45) is 5.89. The fraction of sp³-hybridized carbons (Fsp3) is 0.464. The number of aromatic nitrogens is 3. The number of hydrogen-bond acceptors (Lipinski definition) is 11. The van der Waals surface area contributed by atoms with Crippen LogP contribution in [0.4, 0.5) is 17.8 Å². The Balaban J connectivity index is 1.55. The highest BCUT2D eigenvalue weighted by atomic mass is 16.5. The summed E-state index contributed by atoms with van der Waals surface area (Å²) in [5, 5.41) is 10.1. The van der Waals surface area contributed by atoms with Gasteiger partial charge in [-0.05, 0) is 48.2 Å². The van der Waals surface area contributed by atoms with E-state index >= 15 is 0 Å². The van der Waals surface area contributed by atoms with Crippen LogP contribution in [0.15, 0.2) is 30.3 Å². The van der Waals surface area contributed by atoms with E-state index in [-0.39, 0.29) is 0 Å². The molecule has 0 unspecified atom stereocenters. The summed E-state index contributed by atoms with van der Waals surface area (Å²) < 4.78 is 27.2. The van der Waals surface area contributed by atoms with E-state index in [9.17, 15) is 0 Å². The molecule has 39 heavy (non-hydrogen) atoms. The molecule has 0 aliphatic heterocycles. The van der Waals surface area contributed by atoms with Crippen LogP contribution in [0.5, 0.6) is 28.7 Å². The summed E-state index contributed by atoms with van der Waals surface area (Å²) in [4.78, 5) is 13.9. The molecule has 0 spiro atoms. The molecule has 1 fully saturated rings. The third-order valence-corrected chi connectivity index (χ3v) is 6.61. The molecule has 0 bridgehead atoms. The SMILES string of the molecule is COc1cc(CNc2nc(NCc3cc(OC)c(OC)c(OC)c3)nc(NC3CCCCC3)n2)cc(OC)c1. The minimum atomic E-state index is 0.347. The highest BCUT2D eigenvalue weighted by molar-refractivity contribution is 5.54. The van der Waals surface area contributed by atoms with Crippen molar-refractivity contribution in [2.75, 3.05) is 51.5 Å². The van der Waals surface area contributed by atoms with E-state index in [1.807, 2.05) is 30.3 Å². The van der Waals surface area contributed by atoms with Crippen LogP contribution in [-0.4, -0.2) is 56.5 Å². The van der Waals surface area contributed by atoms with Gasteiger partial charge >= 0.3 is 0 Å². The number of hydrogen-bond donors (Lipinski definition) is 3. The molecular formula is C28H38N6O5. The van der Waals surface area contributed by atoms with Crippen LogP contribution in [0.3, 0.4) is 0 Å². The van der Waals surface area contributed by atoms with Crippen molar-refractivity contribution in [2.45, 2.75) is 51.2 Å². The second-order valence-corrected chi connectivity index (χ2v) is 9.25. The first-order chi connectivity index (χ1) is 19.0. The molecule has 0 atom stereocenters. The fourth-order valence-electron chi connectivity index (χ4n) is 4.60. The molecule has 1 saturated carbocycles. The van der Waals surface area contributed by atoms with Gasteiger partial charge in [0, 0.05) is 25.2 Å². The molecule has 2 aromatic carbocycles. The second-order valence-electron chi connectivity index (χ2n) is 9.25. The minimum absolute atomic E-state index is 0.347. The van der Waals surface area contributed by atoms with Gasteiger partial charge in [-0.25, -0.2) is 0 Å². The van der Waals surface area contributed by atoms with Gasteiger partial charge in [0.15, 0.2) is 11.5 Å². The first-order valence-corrected chi connectivity index (χ1v) is 13.1. The van der Waals surface area contributed by atoms with Crippen molar-refractivity contribution in [1.82, 2.24) is 15.0 Å². The molecular weight excluding hydrogens is 500 g/mol. The van der Waals surface area contributed by atoms with Gasteiger partial charge in [0.2, 0.25) is 23.6 Å². The predicted octanol–water partition coefficient (Wildman–Crippen LogP) is 4.88. The van der Waals surface area contributed by atoms with Crippen molar-refractivity contribution in [1.29, 1.82) is 0 Å². The first kappa shape index (κ1) is 27.9. The van der Waals surface area contributed by atoms with Crippen molar-refractivity contribution < 1.29 is 23.7 Å². The molecule has 0 amide bonds. The largest absolute Gasteiger partial charge is 0.497 e. The van der Waals surface area contributed by atoms with Crippen LogP contribution in [0.25, 0.3) is 0 Å². The molecule has 210 valence electrons. The van der Waals surface area contributed by atoms with Gasteiger partial charge in [0.1, 0.15) is 11.5 Å². The Bertz CT molecular complexity index is 1190. The van der Waals surface area contributed by atoms with E-state index in [1.165, 1.54) is 19.3 Å². The lowest BCUT2D eigenvalue weighted by atomic mass is 9.96. The van der Waals surface area contributed by atoms with Crippen molar-refractivity contribution in [3.05, 3.63) is 41.5 Å². The molecule has 1 aliphatic carbocycles. The number of nitrogens with one attached hydrogen (secondary N) is 3. The average Bonchev–Trinajstić information content (AvgIpc) is 2.98. The zero-order valence-corrected chi connectivity index (χ0v) is 23.3. The van der Waals surface area contributed by atoms with E-state index in [0.29, 0.717) is 65.7 Å². The Labute approximate surface area is 229 Å². The van der Waals surface area contributed by atoms with E-state index < -0.39 is 0 Å². The van der Waals surface area contributed by atoms with Crippen LogP contribution in [0, 0.1) is 0 Å². The maximum Gasteiger partial charge on any atom is 0.229 e. The van der Waals surface area contributed by atoms with Crippen molar-refractivity contribution in [3.8, 4) is 28.7 Å². The van der Waals surface area contributed by atoms with E-state index in [2.05, 4.69) is 30.9 Å². The molecule has 11 nitrogen and oxygen atoms in total. The van der Waals surface area contributed by atoms with E-state index in [0.717, 1.165) is 24.0 Å². The van der Waals surface area contributed by atoms with Crippen LogP contribution >= 0.6 is 0 Å². The normalized spacial score (nSPS) is 13.4. The zero-order chi connectivity index (χ0) is 27.6. The molecule has 1 heterocycles. The lowest BCUT2D eigenvalue weighted by Crippen LogP contribution is -2.24. The number of anilines is 3. The Kier molecular flexibility index (Phi) is 9.71. The smallest absolute Gasteiger partial charge is 0.229 e. The Morgan fingerprint density at radius 1 is 0.615 bits per heavy atom. The Morgan fingerprint density at radius 2 is 1.13 bits per heavy atom. The molecule has 3 N–H and O–H groups in total. The van der Waals surface area contributed by atoms with Gasteiger partial charge in [-0.3, -0.25) is 0 Å². The number of methoxy groups -OCH3 is 5.